The third-order valence-corrected chi connectivity index (χ3v) is 34.3. The Morgan fingerprint density at radius 2 is 0.790 bits per heavy atom. The monoisotopic (exact) mass is 2140 g/mol. The molecule has 0 amide bonds. The van der Waals surface area contributed by atoms with Crippen molar-refractivity contribution >= 4 is 86.3 Å². The van der Waals surface area contributed by atoms with Crippen LogP contribution >= 0.6 is 20.6 Å². The predicted molar refractivity (Wildman–Crippen MR) is 590 cm³/mol. The first-order valence-electron chi connectivity index (χ1n) is 47.9. The van der Waals surface area contributed by atoms with Crippen molar-refractivity contribution in [3.63, 3.8) is 0 Å². The average Bonchev–Trinajstić information content (AvgIpc) is 1.23. The van der Waals surface area contributed by atoms with Gasteiger partial charge in [0, 0.05) is 37.5 Å². The van der Waals surface area contributed by atoms with Gasteiger partial charge >= 0.3 is 291 Å². The van der Waals surface area contributed by atoms with Crippen molar-refractivity contribution in [2.45, 2.75) is 483 Å². The van der Waals surface area contributed by atoms with Gasteiger partial charge in [0.25, 0.3) is 0 Å². The summed E-state index contributed by atoms with van der Waals surface area (Å²) in [6.07, 6.45) is 22.1. The number of hydrogen-bond acceptors (Lipinski definition) is 24. The molecule has 11 saturated carbocycles. The molecule has 832 valence electrons. The average molecular weight is 2140 g/mol. The van der Waals surface area contributed by atoms with Crippen molar-refractivity contribution in [2.75, 3.05) is 6.61 Å². The standard InChI is InChI=1S/C32H35IO8.C19H32O2.C16H26O4.C14H20O4.C13H24O2.C10H16O4.14CH4/c1-7-31(3,4)29(36)38-25-18-14-22(15-19-25)27(34)40-33(24-12-10-9-11-13-24)41-28(35)23-16-20-26(21-17-23)39-30(37)32(5,6)8-2;1-6-18(4,5)17(20)21-19(12(2)3)15-8-13-7-14(10-15)11-16(19)9-13;1-4-13(2,3)12(17)20-16-7-11-5-14(18,9-16)8-15(19,6-11)10-16;1-4-14(2,3)13(16)18-10-7-5-8-9(6-7)12(15)17-11(8)10;1-5-12(3,4)11(14)15-13(6-2)9-7-8-10-13;1-4-10(2,3)9(12)14-7-5-6-13-8(7)11;;;;;;;;;;;;;;/h9-21H,7-8H2,1-6H3;12-16H,6-11H2,1-5H3;11,18-19H,4-10H2,1-3H3;7-11H,4-6H2,1-3H3;5-10H2,1-4H3;7H,4-6H2,1-3H3;14*1H4. The third kappa shape index (κ3) is 35.1. The zero-order valence-electron chi connectivity index (χ0n) is 81.8. The number of halogens is 1. The summed E-state index contributed by atoms with van der Waals surface area (Å²) in [4.78, 5) is 134. The molecule has 2 aliphatic heterocycles. The molecule has 143 heavy (non-hydrogen) atoms. The van der Waals surface area contributed by atoms with E-state index in [1.165, 1.54) is 93.5 Å². The molecule has 8 unspecified atom stereocenters. The van der Waals surface area contributed by atoms with E-state index in [0.717, 1.165) is 88.9 Å². The van der Waals surface area contributed by atoms with E-state index in [-0.39, 0.29) is 209 Å². The van der Waals surface area contributed by atoms with E-state index in [9.17, 15) is 63.0 Å². The van der Waals surface area contributed by atoms with E-state index in [2.05, 4.69) is 27.7 Å². The molecule has 2 N–H and O–H groups in total. The Morgan fingerprint density at radius 1 is 0.420 bits per heavy atom. The van der Waals surface area contributed by atoms with Crippen LogP contribution in [0.15, 0.2) is 78.9 Å². The van der Waals surface area contributed by atoms with Gasteiger partial charge in [-0.1, -0.05) is 159 Å². The number of aliphatic hydroxyl groups is 2. The first kappa shape index (κ1) is 146. The van der Waals surface area contributed by atoms with Gasteiger partial charge in [-0.3, -0.25) is 28.8 Å². The first-order chi connectivity index (χ1) is 60.1. The van der Waals surface area contributed by atoms with Crippen LogP contribution in [0, 0.1) is 94.7 Å². The maximum atomic E-state index is 13.0. The summed E-state index contributed by atoms with van der Waals surface area (Å²) in [5.74, 6) is 1.84. The molecule has 0 spiro atoms. The van der Waals surface area contributed by atoms with Gasteiger partial charge in [0.15, 0.2) is 0 Å². The molecule has 3 aromatic carbocycles. The van der Waals surface area contributed by atoms with Crippen molar-refractivity contribution in [3.8, 4) is 11.5 Å². The van der Waals surface area contributed by atoms with Gasteiger partial charge < -0.3 is 43.4 Å². The van der Waals surface area contributed by atoms with Crippen molar-refractivity contribution < 1.29 is 112 Å². The van der Waals surface area contributed by atoms with Crippen LogP contribution in [0.1, 0.15) is 458 Å². The predicted octanol–water partition coefficient (Wildman–Crippen LogP) is 30.4. The van der Waals surface area contributed by atoms with Crippen molar-refractivity contribution in [3.05, 3.63) is 93.6 Å². The molecule has 25 heteroatoms. The number of benzene rings is 3. The maximum Gasteiger partial charge on any atom is 0.312 e. The third-order valence-electron chi connectivity index (χ3n) is 31.0. The second kappa shape index (κ2) is 58.4. The van der Waals surface area contributed by atoms with E-state index in [1.54, 1.807) is 71.9 Å². The topological polar surface area (TPSA) is 330 Å². The smallest absolute Gasteiger partial charge is 0.312 e. The van der Waals surface area contributed by atoms with Crippen molar-refractivity contribution in [2.24, 2.45) is 91.2 Å². The number of esters is 9. The molecule has 0 radical (unpaired) electrons. The van der Waals surface area contributed by atoms with Crippen molar-refractivity contribution in [1.29, 1.82) is 0 Å². The minimum absolute atomic E-state index is 0. The summed E-state index contributed by atoms with van der Waals surface area (Å²) in [5.41, 5.74) is -5.63. The quantitative estimate of drug-likeness (QED) is 0.0295. The van der Waals surface area contributed by atoms with Gasteiger partial charge in [-0.25, -0.2) is 4.79 Å². The van der Waals surface area contributed by atoms with E-state index < -0.39 is 88.5 Å². The van der Waals surface area contributed by atoms with Crippen LogP contribution in [0.3, 0.4) is 0 Å². The SMILES string of the molecule is C.C.C.C.C.C.C.C.C.C.C.C.C.C.CCC(C)(C)C(=O)OC1(C(C)C)C2CC3CC(C2)CC1C3.CCC(C)(C)C(=O)OC12CC3CC(O)(CC(O)(C3)C1)C2.CCC(C)(C)C(=O)OC1C2CC3C(=O)OC1C3C2.CCC(C)(C)C(=O)OC1CCOC1=O.CCC(C)(C)C(=O)Oc1ccc(C(=O)OI(OC(=O)c2ccc(OC(=O)C(C)(C)CC)cc2)c2ccccc2)cc1.CCC1(OC(=O)C(C)(C)CC)CCCC1. The molecule has 10 bridgehead atoms. The maximum absolute atomic E-state index is 13.0. The van der Waals surface area contributed by atoms with E-state index >= 15 is 0 Å². The van der Waals surface area contributed by atoms with Gasteiger partial charge in [0.2, 0.25) is 6.10 Å². The normalized spacial score (nSPS) is 25.4. The minimum atomic E-state index is -3.26. The Hall–Kier alpha value is -7.52. The summed E-state index contributed by atoms with van der Waals surface area (Å²) < 4.78 is 61.8. The number of ether oxygens (including phenoxy) is 9. The van der Waals surface area contributed by atoms with Crippen LogP contribution in [0.5, 0.6) is 11.5 Å². The molecular formula is C118H209IO24. The molecule has 3 aromatic rings. The van der Waals surface area contributed by atoms with Gasteiger partial charge in [0.05, 0.1) is 50.8 Å². The molecule has 0 aromatic heterocycles. The number of rotatable bonds is 28. The number of carbonyl (C=O) groups excluding carboxylic acids is 11. The number of hydrogen-bond donors (Lipinski definition) is 2. The van der Waals surface area contributed by atoms with Gasteiger partial charge in [-0.15, -0.1) is 0 Å². The van der Waals surface area contributed by atoms with Crippen LogP contribution in [0.4, 0.5) is 0 Å². The fourth-order valence-electron chi connectivity index (χ4n) is 19.9. The summed E-state index contributed by atoms with van der Waals surface area (Å²) in [6, 6.07) is 20.8. The molecule has 8 atom stereocenters. The number of cyclic esters (lactones) is 1. The van der Waals surface area contributed by atoms with E-state index in [1.807, 2.05) is 96.9 Å². The second-order valence-corrected chi connectivity index (χ2v) is 47.1. The molecular weight excluding hydrogens is 1930 g/mol. The molecule has 11 aliphatic carbocycles. The largest absolute Gasteiger partial charge is 0.459 e. The van der Waals surface area contributed by atoms with Crippen LogP contribution in [0.25, 0.3) is 0 Å². The Bertz CT molecular complexity index is 4280. The zero-order valence-corrected chi connectivity index (χ0v) is 83.9. The van der Waals surface area contributed by atoms with Gasteiger partial charge in [0.1, 0.15) is 29.0 Å². The van der Waals surface area contributed by atoms with Crippen LogP contribution in [0.2, 0.25) is 0 Å². The summed E-state index contributed by atoms with van der Waals surface area (Å²) in [7, 11) is 0. The Morgan fingerprint density at radius 3 is 1.15 bits per heavy atom. The van der Waals surface area contributed by atoms with Crippen LogP contribution in [-0.2, 0) is 82.4 Å². The van der Waals surface area contributed by atoms with Crippen molar-refractivity contribution in [1.82, 2.24) is 0 Å². The second-order valence-electron chi connectivity index (χ2n) is 43.7. The molecule has 16 rings (SSSR count). The zero-order chi connectivity index (χ0) is 95.8. The van der Waals surface area contributed by atoms with Crippen LogP contribution < -0.4 is 9.47 Å². The fourth-order valence-corrected chi connectivity index (χ4v) is 22.7. The van der Waals surface area contributed by atoms with E-state index in [0.29, 0.717) is 96.2 Å². The minimum Gasteiger partial charge on any atom is -0.459 e. The molecule has 24 nitrogen and oxygen atoms in total. The first-order valence-corrected chi connectivity index (χ1v) is 50.7. The molecule has 2 saturated heterocycles. The van der Waals surface area contributed by atoms with E-state index in [4.69, 9.17) is 48.8 Å². The summed E-state index contributed by atoms with van der Waals surface area (Å²) >= 11 is -3.26. The Labute approximate surface area is 878 Å². The summed E-state index contributed by atoms with van der Waals surface area (Å²) in [5, 5.41) is 21.3. The molecule has 13 fully saturated rings. The molecule has 2 heterocycles. The van der Waals surface area contributed by atoms with Gasteiger partial charge in [-0.05, 0) is 233 Å². The van der Waals surface area contributed by atoms with Crippen LogP contribution in [-0.4, -0.2) is 129 Å². The Kier molecular flexibility index (Phi) is 59.7. The van der Waals surface area contributed by atoms with Gasteiger partial charge in [-0.2, -0.15) is 0 Å². The number of carbonyl (C=O) groups is 11. The number of fused-ring (bicyclic) bond motifs is 1. The Balaban J connectivity index is -0.000000402. The molecule has 13 aliphatic rings. The summed E-state index contributed by atoms with van der Waals surface area (Å²) in [6.45, 7) is 47.2. The fraction of sp³-hybridized carbons (Fsp3) is 0.754.